The summed E-state index contributed by atoms with van der Waals surface area (Å²) in [7, 11) is 1.63. The van der Waals surface area contributed by atoms with Gasteiger partial charge in [0.25, 0.3) is 5.91 Å². The highest BCUT2D eigenvalue weighted by molar-refractivity contribution is 6.01. The van der Waals surface area contributed by atoms with Crippen LogP contribution in [0.5, 0.6) is 0 Å². The smallest absolute Gasteiger partial charge is 0.251 e. The molecule has 0 atom stereocenters. The van der Waals surface area contributed by atoms with Gasteiger partial charge in [0, 0.05) is 19.2 Å². The number of nitrogens with one attached hydrogen (secondary N) is 3. The standard InChI is InChI=1S/C19H22N4O/c1-11-6-5-7-12(2)15(11)10-21-16-8-14(19(24)20-4)9-17-18(16)23-13(3)22-17/h5-9,21H,10H2,1-4H3,(H,20,24)(H,22,23). The molecule has 1 amide bonds. The first kappa shape index (κ1) is 16.1. The number of hydrogen-bond acceptors (Lipinski definition) is 3. The molecule has 24 heavy (non-hydrogen) atoms. The summed E-state index contributed by atoms with van der Waals surface area (Å²) in [6.45, 7) is 6.82. The second-order valence-electron chi connectivity index (χ2n) is 6.05. The second kappa shape index (κ2) is 6.35. The fourth-order valence-electron chi connectivity index (χ4n) is 2.96. The van der Waals surface area contributed by atoms with Gasteiger partial charge in [-0.1, -0.05) is 18.2 Å². The van der Waals surface area contributed by atoms with E-state index in [1.54, 1.807) is 7.05 Å². The third-order valence-electron chi connectivity index (χ3n) is 4.29. The number of fused-ring (bicyclic) bond motifs is 1. The molecule has 5 heteroatoms. The van der Waals surface area contributed by atoms with Crippen molar-refractivity contribution in [3.8, 4) is 0 Å². The molecule has 1 heterocycles. The quantitative estimate of drug-likeness (QED) is 0.689. The third-order valence-corrected chi connectivity index (χ3v) is 4.29. The van der Waals surface area contributed by atoms with Gasteiger partial charge in [-0.15, -0.1) is 0 Å². The molecule has 1 aromatic heterocycles. The maximum atomic E-state index is 12.0. The molecule has 124 valence electrons. The van der Waals surface area contributed by atoms with Crippen LogP contribution >= 0.6 is 0 Å². The maximum absolute atomic E-state index is 12.0. The summed E-state index contributed by atoms with van der Waals surface area (Å²) in [5, 5.41) is 6.13. The van der Waals surface area contributed by atoms with Gasteiger partial charge in [-0.2, -0.15) is 0 Å². The Hall–Kier alpha value is -2.82. The topological polar surface area (TPSA) is 69.8 Å². The van der Waals surface area contributed by atoms with Crippen LogP contribution in [0.4, 0.5) is 5.69 Å². The van der Waals surface area contributed by atoms with Gasteiger partial charge in [-0.25, -0.2) is 4.98 Å². The molecular formula is C19H22N4O. The number of rotatable bonds is 4. The van der Waals surface area contributed by atoms with Gasteiger partial charge >= 0.3 is 0 Å². The minimum absolute atomic E-state index is 0.112. The van der Waals surface area contributed by atoms with Crippen molar-refractivity contribution >= 4 is 22.6 Å². The van der Waals surface area contributed by atoms with Gasteiger partial charge in [0.05, 0.1) is 11.2 Å². The Kier molecular flexibility index (Phi) is 4.25. The third kappa shape index (κ3) is 2.97. The Morgan fingerprint density at radius 2 is 1.88 bits per heavy atom. The Balaban J connectivity index is 2.00. The number of H-pyrrole nitrogens is 1. The number of benzene rings is 2. The van der Waals surface area contributed by atoms with Crippen molar-refractivity contribution in [3.63, 3.8) is 0 Å². The summed E-state index contributed by atoms with van der Waals surface area (Å²) in [5.74, 6) is 0.716. The van der Waals surface area contributed by atoms with Crippen LogP contribution in [0.25, 0.3) is 11.0 Å². The number of nitrogens with zero attached hydrogens (tertiary/aromatic N) is 1. The van der Waals surface area contributed by atoms with Gasteiger partial charge in [0.1, 0.15) is 11.3 Å². The van der Waals surface area contributed by atoms with Crippen LogP contribution in [0.15, 0.2) is 30.3 Å². The van der Waals surface area contributed by atoms with E-state index >= 15 is 0 Å². The summed E-state index contributed by atoms with van der Waals surface area (Å²) in [4.78, 5) is 19.8. The fourth-order valence-corrected chi connectivity index (χ4v) is 2.96. The van der Waals surface area contributed by atoms with E-state index < -0.39 is 0 Å². The number of hydrogen-bond donors (Lipinski definition) is 3. The first-order chi connectivity index (χ1) is 11.5. The van der Waals surface area contributed by atoms with Gasteiger partial charge in [0.15, 0.2) is 0 Å². The molecule has 0 aliphatic carbocycles. The van der Waals surface area contributed by atoms with Crippen molar-refractivity contribution in [1.29, 1.82) is 0 Å². The Bertz CT molecular complexity index is 891. The first-order valence-corrected chi connectivity index (χ1v) is 8.01. The Morgan fingerprint density at radius 3 is 2.54 bits per heavy atom. The van der Waals surface area contributed by atoms with Crippen molar-refractivity contribution in [3.05, 3.63) is 58.4 Å². The van der Waals surface area contributed by atoms with Crippen LogP contribution < -0.4 is 10.6 Å². The molecule has 0 spiro atoms. The lowest BCUT2D eigenvalue weighted by Gasteiger charge is -2.13. The van der Waals surface area contributed by atoms with E-state index in [1.165, 1.54) is 16.7 Å². The van der Waals surface area contributed by atoms with Gasteiger partial charge in [-0.3, -0.25) is 4.79 Å². The van der Waals surface area contributed by atoms with E-state index in [4.69, 9.17) is 0 Å². The normalized spacial score (nSPS) is 10.8. The number of anilines is 1. The second-order valence-corrected chi connectivity index (χ2v) is 6.05. The summed E-state index contributed by atoms with van der Waals surface area (Å²) >= 11 is 0. The molecule has 0 aliphatic rings. The number of amides is 1. The number of imidazole rings is 1. The average molecular weight is 322 g/mol. The molecule has 0 aliphatic heterocycles. The molecule has 0 unspecified atom stereocenters. The fraction of sp³-hybridized carbons (Fsp3) is 0.263. The van der Waals surface area contributed by atoms with E-state index in [2.05, 4.69) is 52.6 Å². The maximum Gasteiger partial charge on any atom is 0.251 e. The van der Waals surface area contributed by atoms with E-state index in [1.807, 2.05) is 19.1 Å². The summed E-state index contributed by atoms with van der Waals surface area (Å²) in [6, 6.07) is 9.97. The SMILES string of the molecule is CNC(=O)c1cc(NCc2c(C)cccc2C)c2nc(C)[nH]c2c1. The average Bonchev–Trinajstić information content (AvgIpc) is 2.93. The van der Waals surface area contributed by atoms with Gasteiger partial charge in [0.2, 0.25) is 0 Å². The molecule has 5 nitrogen and oxygen atoms in total. The van der Waals surface area contributed by atoms with Crippen LogP contribution in [0.2, 0.25) is 0 Å². The summed E-state index contributed by atoms with van der Waals surface area (Å²) in [5.41, 5.74) is 6.95. The predicted molar refractivity (Wildman–Crippen MR) is 97.5 cm³/mol. The zero-order valence-electron chi connectivity index (χ0n) is 14.4. The van der Waals surface area contributed by atoms with Gasteiger partial charge in [-0.05, 0) is 49.6 Å². The largest absolute Gasteiger partial charge is 0.379 e. The molecule has 0 radical (unpaired) electrons. The van der Waals surface area contributed by atoms with Crippen molar-refractivity contribution in [2.45, 2.75) is 27.3 Å². The van der Waals surface area contributed by atoms with Crippen molar-refractivity contribution in [2.24, 2.45) is 0 Å². The number of aromatic amines is 1. The molecule has 3 aromatic rings. The van der Waals surface area contributed by atoms with Crippen LogP contribution in [0, 0.1) is 20.8 Å². The molecule has 0 saturated heterocycles. The molecule has 0 bridgehead atoms. The summed E-state index contributed by atoms with van der Waals surface area (Å²) in [6.07, 6.45) is 0. The Morgan fingerprint density at radius 1 is 1.17 bits per heavy atom. The van der Waals surface area contributed by atoms with Crippen molar-refractivity contribution in [2.75, 3.05) is 12.4 Å². The first-order valence-electron chi connectivity index (χ1n) is 8.01. The van der Waals surface area contributed by atoms with E-state index in [-0.39, 0.29) is 5.91 Å². The van der Waals surface area contributed by atoms with Crippen LogP contribution in [0.3, 0.4) is 0 Å². The lowest BCUT2D eigenvalue weighted by molar-refractivity contribution is 0.0963. The number of aromatic nitrogens is 2. The van der Waals surface area contributed by atoms with E-state index in [9.17, 15) is 4.79 Å². The minimum atomic E-state index is -0.112. The molecule has 3 N–H and O–H groups in total. The molecule has 2 aromatic carbocycles. The number of carbonyl (C=O) groups excluding carboxylic acids is 1. The highest BCUT2D eigenvalue weighted by Gasteiger charge is 2.13. The highest BCUT2D eigenvalue weighted by atomic mass is 16.1. The van der Waals surface area contributed by atoms with E-state index in [0.29, 0.717) is 12.1 Å². The lowest BCUT2D eigenvalue weighted by Crippen LogP contribution is -2.18. The molecule has 0 saturated carbocycles. The van der Waals surface area contributed by atoms with Crippen LogP contribution in [-0.2, 0) is 6.54 Å². The minimum Gasteiger partial charge on any atom is -0.379 e. The molecule has 0 fully saturated rings. The van der Waals surface area contributed by atoms with Crippen molar-refractivity contribution < 1.29 is 4.79 Å². The van der Waals surface area contributed by atoms with Gasteiger partial charge < -0.3 is 15.6 Å². The number of carbonyl (C=O) groups is 1. The molecule has 3 rings (SSSR count). The monoisotopic (exact) mass is 322 g/mol. The summed E-state index contributed by atoms with van der Waals surface area (Å²) < 4.78 is 0. The van der Waals surface area contributed by atoms with Crippen LogP contribution in [0.1, 0.15) is 32.9 Å². The van der Waals surface area contributed by atoms with Crippen LogP contribution in [-0.4, -0.2) is 22.9 Å². The Labute approximate surface area is 141 Å². The predicted octanol–water partition coefficient (Wildman–Crippen LogP) is 3.46. The zero-order valence-corrected chi connectivity index (χ0v) is 14.4. The zero-order chi connectivity index (χ0) is 17.3. The van der Waals surface area contributed by atoms with E-state index in [0.717, 1.165) is 22.5 Å². The highest BCUT2D eigenvalue weighted by Crippen LogP contribution is 2.25. The lowest BCUT2D eigenvalue weighted by atomic mass is 10.0. The number of aryl methyl sites for hydroxylation is 3. The van der Waals surface area contributed by atoms with Crippen molar-refractivity contribution in [1.82, 2.24) is 15.3 Å². The molecular weight excluding hydrogens is 300 g/mol.